The van der Waals surface area contributed by atoms with Crippen molar-refractivity contribution in [1.29, 1.82) is 5.26 Å². The van der Waals surface area contributed by atoms with E-state index >= 15 is 0 Å². The minimum absolute atomic E-state index is 0. The quantitative estimate of drug-likeness (QED) is 0.360. The summed E-state index contributed by atoms with van der Waals surface area (Å²) in [5, 5.41) is 13.4. The molecule has 152 valence electrons. The average molecular weight is 452 g/mol. The van der Waals surface area contributed by atoms with Gasteiger partial charge in [0.2, 0.25) is 0 Å². The van der Waals surface area contributed by atoms with Crippen LogP contribution in [-0.2, 0) is 6.16 Å². The van der Waals surface area contributed by atoms with Crippen molar-refractivity contribution in [1.82, 2.24) is 0 Å². The van der Waals surface area contributed by atoms with Crippen LogP contribution >= 0.6 is 32.1 Å². The molecule has 0 aliphatic heterocycles. The molecular formula is C26H24Cl2NP. The van der Waals surface area contributed by atoms with Crippen LogP contribution in [0.25, 0.3) is 0 Å². The van der Waals surface area contributed by atoms with E-state index in [1.807, 2.05) is 12.1 Å². The number of hydrogen-bond acceptors (Lipinski definition) is 1. The van der Waals surface area contributed by atoms with Crippen molar-refractivity contribution in [3.63, 3.8) is 0 Å². The number of benzene rings is 4. The van der Waals surface area contributed by atoms with Crippen molar-refractivity contribution in [2.24, 2.45) is 0 Å². The van der Waals surface area contributed by atoms with Gasteiger partial charge in [0.15, 0.2) is 0 Å². The number of nitrogens with zero attached hydrogens (tertiary/aromatic N) is 1. The van der Waals surface area contributed by atoms with Gasteiger partial charge < -0.3 is 0 Å². The fourth-order valence-corrected chi connectivity index (χ4v) is 8.72. The topological polar surface area (TPSA) is 23.8 Å². The Labute approximate surface area is 191 Å². The predicted molar refractivity (Wildman–Crippen MR) is 136 cm³/mol. The Kier molecular flexibility index (Phi) is 8.64. The standard InChI is InChI=1S/C26H22NP.2ClH/c27-20-22-16-18-23(19-17-22)21-28(24-10-4-1-5-11-24,25-12-6-2-7-13-25)26-14-8-3-9-15-26;;/h1-19,28H,21H2;2*1H. The Balaban J connectivity index is 0.00000160. The molecule has 0 bridgehead atoms. The molecule has 30 heavy (non-hydrogen) atoms. The number of nitriles is 1. The fraction of sp³-hybridized carbons (Fsp3) is 0.0385. The summed E-state index contributed by atoms with van der Waals surface area (Å²) in [6.45, 7) is 0. The van der Waals surface area contributed by atoms with E-state index in [1.54, 1.807) is 0 Å². The van der Waals surface area contributed by atoms with Crippen LogP contribution in [0.4, 0.5) is 0 Å². The Hall–Kier alpha value is -2.62. The molecule has 0 saturated carbocycles. The first-order valence-corrected chi connectivity index (χ1v) is 11.7. The third kappa shape index (κ3) is 4.75. The second-order valence-electron chi connectivity index (χ2n) is 6.99. The Bertz CT molecular complexity index is 980. The zero-order valence-corrected chi connectivity index (χ0v) is 19.1. The molecule has 1 nitrogen and oxygen atoms in total. The summed E-state index contributed by atoms with van der Waals surface area (Å²) in [6, 6.07) is 43.0. The van der Waals surface area contributed by atoms with Gasteiger partial charge in [0.1, 0.15) is 0 Å². The van der Waals surface area contributed by atoms with Gasteiger partial charge in [0, 0.05) is 0 Å². The summed E-state index contributed by atoms with van der Waals surface area (Å²) in [6.07, 6.45) is 0.955. The molecule has 0 fully saturated rings. The van der Waals surface area contributed by atoms with Crippen molar-refractivity contribution < 1.29 is 0 Å². The zero-order valence-electron chi connectivity index (χ0n) is 16.4. The normalized spacial score (nSPS) is 10.8. The van der Waals surface area contributed by atoms with Crippen LogP contribution in [0.15, 0.2) is 115 Å². The van der Waals surface area contributed by atoms with Crippen LogP contribution in [-0.4, -0.2) is 0 Å². The van der Waals surface area contributed by atoms with Crippen LogP contribution in [0.1, 0.15) is 11.1 Å². The summed E-state index contributed by atoms with van der Waals surface area (Å²) in [7, 11) is -2.28. The van der Waals surface area contributed by atoms with Crippen molar-refractivity contribution in [2.45, 2.75) is 6.16 Å². The maximum atomic E-state index is 9.15. The van der Waals surface area contributed by atoms with Crippen LogP contribution in [0, 0.1) is 11.3 Å². The monoisotopic (exact) mass is 451 g/mol. The maximum absolute atomic E-state index is 9.15. The van der Waals surface area contributed by atoms with Gasteiger partial charge in [-0.25, -0.2) is 0 Å². The second kappa shape index (κ2) is 11.0. The van der Waals surface area contributed by atoms with Crippen LogP contribution in [0.3, 0.4) is 0 Å². The van der Waals surface area contributed by atoms with Crippen molar-refractivity contribution in [3.8, 4) is 6.07 Å². The van der Waals surface area contributed by atoms with E-state index in [1.165, 1.54) is 21.5 Å². The molecule has 0 saturated heterocycles. The van der Waals surface area contributed by atoms with Crippen molar-refractivity contribution in [2.75, 3.05) is 0 Å². The van der Waals surface area contributed by atoms with Gasteiger partial charge in [-0.3, -0.25) is 0 Å². The third-order valence-corrected chi connectivity index (χ3v) is 10.2. The molecule has 0 amide bonds. The molecule has 0 N–H and O–H groups in total. The van der Waals surface area contributed by atoms with Crippen LogP contribution in [0.5, 0.6) is 0 Å². The SMILES string of the molecule is Cl.Cl.N#Cc1ccc(C[PH](c2ccccc2)(c2ccccc2)c2ccccc2)cc1. The number of halogens is 2. The summed E-state index contributed by atoms with van der Waals surface area (Å²) in [5.74, 6) is 0. The van der Waals surface area contributed by atoms with Gasteiger partial charge in [0.05, 0.1) is 0 Å². The molecule has 0 atom stereocenters. The van der Waals surface area contributed by atoms with E-state index in [4.69, 9.17) is 5.26 Å². The fourth-order valence-electron chi connectivity index (χ4n) is 3.98. The summed E-state index contributed by atoms with van der Waals surface area (Å²) >= 11 is 0. The molecule has 0 aliphatic rings. The van der Waals surface area contributed by atoms with Gasteiger partial charge in [-0.1, -0.05) is 0 Å². The first-order valence-electron chi connectivity index (χ1n) is 9.48. The third-order valence-electron chi connectivity index (χ3n) is 5.35. The molecule has 0 spiro atoms. The summed E-state index contributed by atoms with van der Waals surface area (Å²) < 4.78 is 0. The van der Waals surface area contributed by atoms with E-state index in [9.17, 15) is 0 Å². The Morgan fingerprint density at radius 2 is 0.900 bits per heavy atom. The van der Waals surface area contributed by atoms with Gasteiger partial charge >= 0.3 is 167 Å². The molecule has 4 aromatic rings. The van der Waals surface area contributed by atoms with Crippen LogP contribution in [0.2, 0.25) is 0 Å². The number of hydrogen-bond donors (Lipinski definition) is 0. The first kappa shape index (κ1) is 23.7. The first-order chi connectivity index (χ1) is 13.8. The van der Waals surface area contributed by atoms with Gasteiger partial charge in [-0.15, -0.1) is 24.8 Å². The van der Waals surface area contributed by atoms with E-state index in [0.717, 1.165) is 6.16 Å². The van der Waals surface area contributed by atoms with E-state index in [0.29, 0.717) is 5.56 Å². The average Bonchev–Trinajstić information content (AvgIpc) is 2.80. The minimum atomic E-state index is -2.28. The van der Waals surface area contributed by atoms with Crippen molar-refractivity contribution >= 4 is 48.0 Å². The summed E-state index contributed by atoms with van der Waals surface area (Å²) in [4.78, 5) is 0. The van der Waals surface area contributed by atoms with E-state index in [2.05, 4.69) is 109 Å². The predicted octanol–water partition coefficient (Wildman–Crippen LogP) is 5.63. The molecule has 0 heterocycles. The van der Waals surface area contributed by atoms with E-state index in [-0.39, 0.29) is 24.8 Å². The number of rotatable bonds is 5. The molecule has 0 aromatic heterocycles. The molecule has 4 aromatic carbocycles. The van der Waals surface area contributed by atoms with Gasteiger partial charge in [0.25, 0.3) is 0 Å². The summed E-state index contributed by atoms with van der Waals surface area (Å²) in [5.41, 5.74) is 1.97. The van der Waals surface area contributed by atoms with Crippen molar-refractivity contribution in [3.05, 3.63) is 126 Å². The van der Waals surface area contributed by atoms with Crippen LogP contribution < -0.4 is 15.9 Å². The Morgan fingerprint density at radius 3 is 1.23 bits per heavy atom. The molecule has 0 unspecified atom stereocenters. The molecule has 0 aliphatic carbocycles. The van der Waals surface area contributed by atoms with Gasteiger partial charge in [-0.05, 0) is 0 Å². The van der Waals surface area contributed by atoms with Gasteiger partial charge in [-0.2, -0.15) is 0 Å². The van der Waals surface area contributed by atoms with E-state index < -0.39 is 7.26 Å². The zero-order chi connectivity index (χ0) is 19.2. The second-order valence-corrected chi connectivity index (χ2v) is 10.9. The molecule has 4 heteroatoms. The molecule has 4 rings (SSSR count). The molecular weight excluding hydrogens is 428 g/mol. The molecule has 0 radical (unpaired) electrons. The Morgan fingerprint density at radius 1 is 0.533 bits per heavy atom.